The van der Waals surface area contributed by atoms with Gasteiger partial charge in [-0.1, -0.05) is 12.1 Å². The van der Waals surface area contributed by atoms with Gasteiger partial charge < -0.3 is 18.9 Å². The van der Waals surface area contributed by atoms with Crippen molar-refractivity contribution in [2.75, 3.05) is 27.9 Å². The molecule has 0 saturated carbocycles. The summed E-state index contributed by atoms with van der Waals surface area (Å²) in [6.45, 7) is 0.631. The van der Waals surface area contributed by atoms with Crippen molar-refractivity contribution in [3.05, 3.63) is 58.7 Å². The van der Waals surface area contributed by atoms with Crippen molar-refractivity contribution in [3.63, 3.8) is 0 Å². The Bertz CT molecular complexity index is 736. The Labute approximate surface area is 141 Å². The molecular formula is C19H20O5. The van der Waals surface area contributed by atoms with E-state index in [1.165, 1.54) is 12.7 Å². The second-order valence-corrected chi connectivity index (χ2v) is 5.52. The summed E-state index contributed by atoms with van der Waals surface area (Å²) in [5, 5.41) is 0. The summed E-state index contributed by atoms with van der Waals surface area (Å²) in [5.41, 5.74) is 3.74. The van der Waals surface area contributed by atoms with E-state index in [4.69, 9.17) is 18.9 Å². The Morgan fingerprint density at radius 2 is 1.71 bits per heavy atom. The minimum Gasteiger partial charge on any atom is -0.493 e. The van der Waals surface area contributed by atoms with Crippen LogP contribution in [0.3, 0.4) is 0 Å². The smallest absolute Gasteiger partial charge is 0.337 e. The van der Waals surface area contributed by atoms with E-state index in [9.17, 15) is 4.79 Å². The van der Waals surface area contributed by atoms with Crippen LogP contribution in [0, 0.1) is 0 Å². The lowest BCUT2D eigenvalue weighted by molar-refractivity contribution is 0.0599. The predicted octanol–water partition coefficient (Wildman–Crippen LogP) is 3.15. The number of carbonyl (C=O) groups is 1. The standard InChI is InChI=1S/C19H20O5/c1-21-16-10-14-8-9-24-18(15(14)11-17(16)22-2)12-4-6-13(7-5-12)19(20)23-3/h4-7,10-11,18H,8-9H2,1-3H3/t18-/m1/s1. The monoisotopic (exact) mass is 328 g/mol. The molecule has 5 heteroatoms. The van der Waals surface area contributed by atoms with Crippen LogP contribution in [-0.2, 0) is 15.9 Å². The molecular weight excluding hydrogens is 308 g/mol. The van der Waals surface area contributed by atoms with E-state index in [1.54, 1.807) is 26.4 Å². The molecule has 0 bridgehead atoms. The third kappa shape index (κ3) is 2.95. The first-order valence-corrected chi connectivity index (χ1v) is 7.72. The number of ether oxygens (including phenoxy) is 4. The first kappa shape index (κ1) is 16.3. The van der Waals surface area contributed by atoms with Gasteiger partial charge in [-0.25, -0.2) is 4.79 Å². The predicted molar refractivity (Wildman–Crippen MR) is 88.8 cm³/mol. The van der Waals surface area contributed by atoms with Crippen LogP contribution >= 0.6 is 0 Å². The van der Waals surface area contributed by atoms with E-state index in [0.29, 0.717) is 17.9 Å². The summed E-state index contributed by atoms with van der Waals surface area (Å²) < 4.78 is 21.5. The fourth-order valence-corrected chi connectivity index (χ4v) is 2.96. The quantitative estimate of drug-likeness (QED) is 0.807. The van der Waals surface area contributed by atoms with Gasteiger partial charge in [-0.2, -0.15) is 0 Å². The Hall–Kier alpha value is -2.53. The lowest BCUT2D eigenvalue weighted by Crippen LogP contribution is -2.18. The molecule has 0 radical (unpaired) electrons. The van der Waals surface area contributed by atoms with Crippen LogP contribution in [-0.4, -0.2) is 33.9 Å². The number of benzene rings is 2. The van der Waals surface area contributed by atoms with Gasteiger partial charge in [0.1, 0.15) is 6.10 Å². The molecule has 0 aliphatic carbocycles. The van der Waals surface area contributed by atoms with Gasteiger partial charge in [0.25, 0.3) is 0 Å². The van der Waals surface area contributed by atoms with E-state index in [0.717, 1.165) is 23.3 Å². The van der Waals surface area contributed by atoms with Crippen molar-refractivity contribution in [1.29, 1.82) is 0 Å². The van der Waals surface area contributed by atoms with E-state index < -0.39 is 0 Å². The Balaban J connectivity index is 1.98. The highest BCUT2D eigenvalue weighted by molar-refractivity contribution is 5.89. The maximum absolute atomic E-state index is 11.6. The zero-order valence-corrected chi connectivity index (χ0v) is 14.0. The zero-order valence-electron chi connectivity index (χ0n) is 14.0. The summed E-state index contributed by atoms with van der Waals surface area (Å²) in [5.74, 6) is 1.05. The van der Waals surface area contributed by atoms with Crippen molar-refractivity contribution in [3.8, 4) is 11.5 Å². The number of methoxy groups -OCH3 is 3. The van der Waals surface area contributed by atoms with Gasteiger partial charge >= 0.3 is 5.97 Å². The number of rotatable bonds is 4. The molecule has 1 aliphatic heterocycles. The average Bonchev–Trinajstić information content (AvgIpc) is 2.65. The molecule has 0 unspecified atom stereocenters. The molecule has 0 N–H and O–H groups in total. The summed E-state index contributed by atoms with van der Waals surface area (Å²) in [6.07, 6.45) is 0.632. The highest BCUT2D eigenvalue weighted by Gasteiger charge is 2.25. The average molecular weight is 328 g/mol. The molecule has 3 rings (SSSR count). The molecule has 0 spiro atoms. The van der Waals surface area contributed by atoms with Gasteiger partial charge in [0, 0.05) is 0 Å². The Morgan fingerprint density at radius 3 is 2.33 bits per heavy atom. The second kappa shape index (κ2) is 6.93. The molecule has 2 aromatic rings. The molecule has 5 nitrogen and oxygen atoms in total. The summed E-state index contributed by atoms with van der Waals surface area (Å²) in [4.78, 5) is 11.6. The molecule has 0 fully saturated rings. The number of hydrogen-bond acceptors (Lipinski definition) is 5. The first-order valence-electron chi connectivity index (χ1n) is 7.72. The molecule has 2 aromatic carbocycles. The van der Waals surface area contributed by atoms with E-state index in [1.807, 2.05) is 24.3 Å². The number of hydrogen-bond donors (Lipinski definition) is 0. The summed E-state index contributed by atoms with van der Waals surface area (Å²) in [7, 11) is 4.62. The molecule has 0 aromatic heterocycles. The number of carbonyl (C=O) groups excluding carboxylic acids is 1. The fourth-order valence-electron chi connectivity index (χ4n) is 2.96. The maximum atomic E-state index is 11.6. The molecule has 1 heterocycles. The van der Waals surface area contributed by atoms with Crippen molar-refractivity contribution in [2.24, 2.45) is 0 Å². The molecule has 0 amide bonds. The van der Waals surface area contributed by atoms with E-state index in [2.05, 4.69) is 0 Å². The van der Waals surface area contributed by atoms with Crippen molar-refractivity contribution >= 4 is 5.97 Å². The van der Waals surface area contributed by atoms with Crippen LogP contribution in [0.1, 0.15) is 33.2 Å². The second-order valence-electron chi connectivity index (χ2n) is 5.52. The topological polar surface area (TPSA) is 54.0 Å². The van der Waals surface area contributed by atoms with Crippen LogP contribution < -0.4 is 9.47 Å². The third-order valence-electron chi connectivity index (χ3n) is 4.22. The van der Waals surface area contributed by atoms with Gasteiger partial charge in [0.05, 0.1) is 33.5 Å². The molecule has 0 saturated heterocycles. The van der Waals surface area contributed by atoms with Gasteiger partial charge in [-0.3, -0.25) is 0 Å². The van der Waals surface area contributed by atoms with Crippen molar-refractivity contribution < 1.29 is 23.7 Å². The van der Waals surface area contributed by atoms with Gasteiger partial charge in [0.2, 0.25) is 0 Å². The van der Waals surface area contributed by atoms with Crippen LogP contribution in [0.4, 0.5) is 0 Å². The number of fused-ring (bicyclic) bond motifs is 1. The highest BCUT2D eigenvalue weighted by Crippen LogP contribution is 2.39. The summed E-state index contributed by atoms with van der Waals surface area (Å²) >= 11 is 0. The van der Waals surface area contributed by atoms with E-state index >= 15 is 0 Å². The van der Waals surface area contributed by atoms with Crippen molar-refractivity contribution in [1.82, 2.24) is 0 Å². The summed E-state index contributed by atoms with van der Waals surface area (Å²) in [6, 6.07) is 11.3. The normalized spacial score (nSPS) is 16.2. The van der Waals surface area contributed by atoms with Crippen LogP contribution in [0.25, 0.3) is 0 Å². The minimum absolute atomic E-state index is 0.194. The van der Waals surface area contributed by atoms with Crippen LogP contribution in [0.5, 0.6) is 11.5 Å². The van der Waals surface area contributed by atoms with E-state index in [-0.39, 0.29) is 12.1 Å². The minimum atomic E-state index is -0.349. The largest absolute Gasteiger partial charge is 0.493 e. The first-order chi connectivity index (χ1) is 11.7. The SMILES string of the molecule is COC(=O)c1ccc([C@H]2OCCc3cc(OC)c(OC)cc32)cc1. The number of esters is 1. The molecule has 1 aliphatic rings. The van der Waals surface area contributed by atoms with Crippen LogP contribution in [0.15, 0.2) is 36.4 Å². The van der Waals surface area contributed by atoms with Crippen LogP contribution in [0.2, 0.25) is 0 Å². The third-order valence-corrected chi connectivity index (χ3v) is 4.22. The fraction of sp³-hybridized carbons (Fsp3) is 0.316. The Kier molecular flexibility index (Phi) is 4.71. The lowest BCUT2D eigenvalue weighted by atomic mass is 9.92. The van der Waals surface area contributed by atoms with Gasteiger partial charge in [-0.15, -0.1) is 0 Å². The van der Waals surface area contributed by atoms with Crippen molar-refractivity contribution in [2.45, 2.75) is 12.5 Å². The lowest BCUT2D eigenvalue weighted by Gasteiger charge is -2.27. The Morgan fingerprint density at radius 1 is 1.04 bits per heavy atom. The van der Waals surface area contributed by atoms with Gasteiger partial charge in [0.15, 0.2) is 11.5 Å². The maximum Gasteiger partial charge on any atom is 0.337 e. The zero-order chi connectivity index (χ0) is 17.1. The highest BCUT2D eigenvalue weighted by atomic mass is 16.5. The molecule has 1 atom stereocenters. The van der Waals surface area contributed by atoms with Gasteiger partial charge in [-0.05, 0) is 47.4 Å². The molecule has 24 heavy (non-hydrogen) atoms. The molecule has 126 valence electrons.